The second-order valence-corrected chi connectivity index (χ2v) is 9.66. The van der Waals surface area contributed by atoms with Gasteiger partial charge in [-0.15, -0.1) is 0 Å². The zero-order valence-corrected chi connectivity index (χ0v) is 20.8. The van der Waals surface area contributed by atoms with Crippen LogP contribution in [0.25, 0.3) is 6.08 Å². The number of likely N-dealkylation sites (tertiary alicyclic amines) is 1. The molecule has 0 aliphatic carbocycles. The van der Waals surface area contributed by atoms with E-state index in [0.717, 1.165) is 52.1 Å². The summed E-state index contributed by atoms with van der Waals surface area (Å²) in [5, 5.41) is 3.59. The van der Waals surface area contributed by atoms with Gasteiger partial charge in [0.2, 0.25) is 0 Å². The molecule has 34 heavy (non-hydrogen) atoms. The highest BCUT2D eigenvalue weighted by Gasteiger charge is 2.21. The van der Waals surface area contributed by atoms with Gasteiger partial charge in [-0.25, -0.2) is 0 Å². The van der Waals surface area contributed by atoms with Crippen molar-refractivity contribution in [3.63, 3.8) is 0 Å². The van der Waals surface area contributed by atoms with E-state index in [1.165, 1.54) is 22.3 Å². The molecule has 1 heterocycles. The number of benzene rings is 3. The summed E-state index contributed by atoms with van der Waals surface area (Å²) in [6.07, 6.45) is 4.75. The third-order valence-electron chi connectivity index (χ3n) is 6.81. The van der Waals surface area contributed by atoms with Crippen molar-refractivity contribution in [1.82, 2.24) is 15.1 Å². The molecule has 3 nitrogen and oxygen atoms in total. The van der Waals surface area contributed by atoms with Crippen LogP contribution in [0.15, 0.2) is 90.5 Å². The van der Waals surface area contributed by atoms with Crippen LogP contribution in [0.5, 0.6) is 0 Å². The minimum atomic E-state index is 0.418. The third-order valence-corrected chi connectivity index (χ3v) is 6.81. The Morgan fingerprint density at radius 1 is 0.824 bits per heavy atom. The van der Waals surface area contributed by atoms with Gasteiger partial charge in [-0.1, -0.05) is 96.6 Å². The van der Waals surface area contributed by atoms with Crippen molar-refractivity contribution >= 4 is 6.08 Å². The molecule has 3 aromatic rings. The summed E-state index contributed by atoms with van der Waals surface area (Å²) >= 11 is 0. The van der Waals surface area contributed by atoms with Crippen LogP contribution in [-0.4, -0.2) is 56.6 Å². The van der Waals surface area contributed by atoms with Gasteiger partial charge in [-0.2, -0.15) is 0 Å². The van der Waals surface area contributed by atoms with E-state index in [9.17, 15) is 0 Å². The van der Waals surface area contributed by atoms with Crippen LogP contribution in [-0.2, 0) is 6.54 Å². The molecule has 0 unspecified atom stereocenters. The zero-order valence-electron chi connectivity index (χ0n) is 20.8. The maximum Gasteiger partial charge on any atom is 0.0217 e. The van der Waals surface area contributed by atoms with Crippen molar-refractivity contribution < 1.29 is 0 Å². The highest BCUT2D eigenvalue weighted by Crippen LogP contribution is 2.28. The van der Waals surface area contributed by atoms with Gasteiger partial charge in [0.1, 0.15) is 0 Å². The molecule has 0 amide bonds. The van der Waals surface area contributed by atoms with Crippen LogP contribution >= 0.6 is 0 Å². The number of nitrogens with zero attached hydrogens (tertiary/aromatic N) is 2. The summed E-state index contributed by atoms with van der Waals surface area (Å²) in [5.74, 6) is 0.418. The summed E-state index contributed by atoms with van der Waals surface area (Å²) in [7, 11) is 4.24. The van der Waals surface area contributed by atoms with Crippen molar-refractivity contribution in [3.05, 3.63) is 113 Å². The molecule has 0 aromatic heterocycles. The summed E-state index contributed by atoms with van der Waals surface area (Å²) in [6, 6.07) is 30.8. The average Bonchev–Trinajstić information content (AvgIpc) is 2.88. The van der Waals surface area contributed by atoms with Crippen molar-refractivity contribution in [2.45, 2.75) is 25.3 Å². The van der Waals surface area contributed by atoms with Crippen LogP contribution in [0.4, 0.5) is 0 Å². The highest BCUT2D eigenvalue weighted by atomic mass is 15.1. The Kier molecular flexibility index (Phi) is 9.09. The SMILES string of the molecule is CN(C)CCNCc1ccccc1C=C1CCN(CC(c2ccccc2)c2ccccc2)CC1. The van der Waals surface area contributed by atoms with Gasteiger partial charge < -0.3 is 15.1 Å². The summed E-state index contributed by atoms with van der Waals surface area (Å²) in [5.41, 5.74) is 7.16. The predicted octanol–water partition coefficient (Wildman–Crippen LogP) is 5.65. The monoisotopic (exact) mass is 453 g/mol. The van der Waals surface area contributed by atoms with Crippen LogP contribution in [0.1, 0.15) is 41.0 Å². The van der Waals surface area contributed by atoms with Crippen molar-refractivity contribution in [3.8, 4) is 0 Å². The first-order valence-corrected chi connectivity index (χ1v) is 12.6. The molecule has 0 atom stereocenters. The molecule has 1 saturated heterocycles. The first-order chi connectivity index (χ1) is 16.7. The van der Waals surface area contributed by atoms with Gasteiger partial charge in [0.25, 0.3) is 0 Å². The Morgan fingerprint density at radius 3 is 2.03 bits per heavy atom. The second kappa shape index (κ2) is 12.7. The van der Waals surface area contributed by atoms with Gasteiger partial charge >= 0.3 is 0 Å². The number of piperidine rings is 1. The molecule has 178 valence electrons. The lowest BCUT2D eigenvalue weighted by molar-refractivity contribution is 0.249. The summed E-state index contributed by atoms with van der Waals surface area (Å²) < 4.78 is 0. The smallest absolute Gasteiger partial charge is 0.0217 e. The van der Waals surface area contributed by atoms with E-state index in [0.29, 0.717) is 5.92 Å². The van der Waals surface area contributed by atoms with Crippen molar-refractivity contribution in [2.24, 2.45) is 0 Å². The fourth-order valence-corrected chi connectivity index (χ4v) is 4.78. The number of hydrogen-bond donors (Lipinski definition) is 1. The molecule has 4 rings (SSSR count). The lowest BCUT2D eigenvalue weighted by Crippen LogP contribution is -2.34. The standard InChI is InChI=1S/C31H39N3/c1-33(2)22-19-32-24-30-16-10-9-15-29(30)23-26-17-20-34(21-18-26)25-31(27-11-5-3-6-12-27)28-13-7-4-8-14-28/h3-16,23,31-32H,17-22,24-25H2,1-2H3. The number of nitrogens with one attached hydrogen (secondary N) is 1. The predicted molar refractivity (Wildman–Crippen MR) is 145 cm³/mol. The van der Waals surface area contributed by atoms with Gasteiger partial charge in [0.15, 0.2) is 0 Å². The molecular formula is C31H39N3. The fourth-order valence-electron chi connectivity index (χ4n) is 4.78. The van der Waals surface area contributed by atoms with E-state index in [4.69, 9.17) is 0 Å². The van der Waals surface area contributed by atoms with E-state index >= 15 is 0 Å². The number of hydrogen-bond acceptors (Lipinski definition) is 3. The lowest BCUT2D eigenvalue weighted by atomic mass is 9.90. The molecule has 3 aromatic carbocycles. The van der Waals surface area contributed by atoms with Crippen molar-refractivity contribution in [2.75, 3.05) is 46.8 Å². The molecule has 0 spiro atoms. The molecule has 1 aliphatic rings. The van der Waals surface area contributed by atoms with Crippen LogP contribution < -0.4 is 5.32 Å². The molecule has 0 saturated carbocycles. The first kappa shape index (κ1) is 24.4. The topological polar surface area (TPSA) is 18.5 Å². The van der Waals surface area contributed by atoms with Gasteiger partial charge in [0.05, 0.1) is 0 Å². The second-order valence-electron chi connectivity index (χ2n) is 9.66. The quantitative estimate of drug-likeness (QED) is 0.400. The van der Waals surface area contributed by atoms with E-state index in [-0.39, 0.29) is 0 Å². The normalized spacial score (nSPS) is 14.6. The van der Waals surface area contributed by atoms with E-state index in [2.05, 4.69) is 120 Å². The first-order valence-electron chi connectivity index (χ1n) is 12.6. The van der Waals surface area contributed by atoms with Crippen molar-refractivity contribution in [1.29, 1.82) is 0 Å². The molecule has 1 N–H and O–H groups in total. The molecule has 3 heteroatoms. The molecular weight excluding hydrogens is 414 g/mol. The average molecular weight is 454 g/mol. The molecule has 0 radical (unpaired) electrons. The van der Waals surface area contributed by atoms with Crippen LogP contribution in [0.2, 0.25) is 0 Å². The van der Waals surface area contributed by atoms with Crippen LogP contribution in [0, 0.1) is 0 Å². The molecule has 0 bridgehead atoms. The Balaban J connectivity index is 1.37. The largest absolute Gasteiger partial charge is 0.311 e. The van der Waals surface area contributed by atoms with Gasteiger partial charge in [-0.3, -0.25) is 0 Å². The summed E-state index contributed by atoms with van der Waals surface area (Å²) in [4.78, 5) is 4.87. The minimum absolute atomic E-state index is 0.418. The maximum atomic E-state index is 3.59. The summed E-state index contributed by atoms with van der Waals surface area (Å²) in [6.45, 7) is 6.34. The molecule has 1 fully saturated rings. The Labute approximate surface area is 206 Å². The van der Waals surface area contributed by atoms with E-state index in [1.54, 1.807) is 5.57 Å². The maximum absolute atomic E-state index is 3.59. The zero-order chi connectivity index (χ0) is 23.6. The van der Waals surface area contributed by atoms with Crippen LogP contribution in [0.3, 0.4) is 0 Å². The number of rotatable bonds is 10. The van der Waals surface area contributed by atoms with E-state index in [1.807, 2.05) is 0 Å². The van der Waals surface area contributed by atoms with E-state index < -0.39 is 0 Å². The lowest BCUT2D eigenvalue weighted by Gasteiger charge is -2.32. The minimum Gasteiger partial charge on any atom is -0.311 e. The molecule has 1 aliphatic heterocycles. The Hall–Kier alpha value is -2.72. The fraction of sp³-hybridized carbons (Fsp3) is 0.355. The Morgan fingerprint density at radius 2 is 1.41 bits per heavy atom. The Bertz CT molecular complexity index is 977. The van der Waals surface area contributed by atoms with Gasteiger partial charge in [-0.05, 0) is 49.2 Å². The number of likely N-dealkylation sites (N-methyl/N-ethyl adjacent to an activating group) is 1. The van der Waals surface area contributed by atoms with Gasteiger partial charge in [0, 0.05) is 45.2 Å². The highest BCUT2D eigenvalue weighted by molar-refractivity contribution is 5.57. The third kappa shape index (κ3) is 7.14.